The highest BCUT2D eigenvalue weighted by atomic mass is 28.4. The molecule has 3 aliphatic rings. The first-order valence-corrected chi connectivity index (χ1v) is 11.3. The Labute approximate surface area is 136 Å². The fourth-order valence-electron chi connectivity index (χ4n) is 4.12. The van der Waals surface area contributed by atoms with E-state index in [1.54, 1.807) is 0 Å². The smallest absolute Gasteiger partial charge is 0.367 e. The summed E-state index contributed by atoms with van der Waals surface area (Å²) >= 11 is 0. The zero-order valence-corrected chi connectivity index (χ0v) is 15.1. The van der Waals surface area contributed by atoms with Gasteiger partial charge in [0, 0.05) is 18.3 Å². The predicted octanol–water partition coefficient (Wildman–Crippen LogP) is 4.92. The number of hydrogen-bond donors (Lipinski definition) is 0. The van der Waals surface area contributed by atoms with Gasteiger partial charge in [-0.25, -0.2) is 0 Å². The molecule has 0 aromatic heterocycles. The van der Waals surface area contributed by atoms with Gasteiger partial charge in [-0.3, -0.25) is 0 Å². The molecule has 3 fully saturated rings. The Kier molecular flexibility index (Phi) is 6.14. The molecule has 0 radical (unpaired) electrons. The molecular formula is C18H32O3Si. The maximum atomic E-state index is 6.57. The van der Waals surface area contributed by atoms with Gasteiger partial charge in [-0.1, -0.05) is 44.6 Å². The molecule has 0 aromatic carbocycles. The molecule has 3 nitrogen and oxygen atoms in total. The van der Waals surface area contributed by atoms with Crippen molar-refractivity contribution in [2.45, 2.75) is 102 Å². The van der Waals surface area contributed by atoms with Crippen LogP contribution in [-0.2, 0) is 13.3 Å². The Hall–Kier alpha value is -0.163. The summed E-state index contributed by atoms with van der Waals surface area (Å²) in [6.45, 7) is 2.07. The van der Waals surface area contributed by atoms with Crippen molar-refractivity contribution in [2.75, 3.05) is 0 Å². The second-order valence-corrected chi connectivity index (χ2v) is 9.42. The van der Waals surface area contributed by atoms with Crippen molar-refractivity contribution in [3.8, 4) is 0 Å². The second kappa shape index (κ2) is 8.09. The molecular weight excluding hydrogens is 292 g/mol. The maximum absolute atomic E-state index is 6.57. The maximum Gasteiger partial charge on any atom is 0.530 e. The van der Waals surface area contributed by atoms with Crippen LogP contribution in [0.25, 0.3) is 0 Å². The third-order valence-corrected chi connectivity index (χ3v) is 8.00. The SMILES string of the molecule is CC=C[Si](OC1CCCC1)(OC1CCCC1)OC1CCCC1. The van der Waals surface area contributed by atoms with E-state index in [2.05, 4.69) is 18.7 Å². The van der Waals surface area contributed by atoms with Crippen LogP contribution in [0.3, 0.4) is 0 Å². The molecule has 3 rings (SSSR count). The monoisotopic (exact) mass is 324 g/mol. The van der Waals surface area contributed by atoms with Gasteiger partial charge in [-0.05, 0) is 51.1 Å². The molecule has 0 heterocycles. The zero-order chi connectivity index (χ0) is 15.3. The van der Waals surface area contributed by atoms with E-state index in [0.29, 0.717) is 18.3 Å². The van der Waals surface area contributed by atoms with Crippen molar-refractivity contribution in [2.24, 2.45) is 0 Å². The summed E-state index contributed by atoms with van der Waals surface area (Å²) in [5.41, 5.74) is 2.15. The number of rotatable bonds is 7. The Bertz CT molecular complexity index is 308. The highest BCUT2D eigenvalue weighted by Crippen LogP contribution is 2.33. The number of allylic oxidation sites excluding steroid dienone is 1. The molecule has 3 aliphatic carbocycles. The van der Waals surface area contributed by atoms with Gasteiger partial charge >= 0.3 is 8.80 Å². The van der Waals surface area contributed by atoms with Crippen molar-refractivity contribution in [1.29, 1.82) is 0 Å². The molecule has 0 amide bonds. The Morgan fingerprint density at radius 3 is 1.23 bits per heavy atom. The lowest BCUT2D eigenvalue weighted by molar-refractivity contribution is -0.00582. The average molecular weight is 325 g/mol. The fourth-order valence-corrected chi connectivity index (χ4v) is 7.03. The van der Waals surface area contributed by atoms with Crippen molar-refractivity contribution in [3.05, 3.63) is 11.8 Å². The van der Waals surface area contributed by atoms with Gasteiger partial charge in [0.2, 0.25) is 0 Å². The summed E-state index contributed by atoms with van der Waals surface area (Å²) < 4.78 is 19.7. The van der Waals surface area contributed by atoms with E-state index in [0.717, 1.165) is 0 Å². The minimum Gasteiger partial charge on any atom is -0.367 e. The van der Waals surface area contributed by atoms with Gasteiger partial charge in [-0.15, -0.1) is 0 Å². The van der Waals surface area contributed by atoms with Gasteiger partial charge in [0.25, 0.3) is 0 Å². The molecule has 4 heteroatoms. The molecule has 0 N–H and O–H groups in total. The summed E-state index contributed by atoms with van der Waals surface area (Å²) in [5, 5.41) is 0. The predicted molar refractivity (Wildman–Crippen MR) is 90.6 cm³/mol. The van der Waals surface area contributed by atoms with Crippen LogP contribution in [0.1, 0.15) is 84.0 Å². The first kappa shape index (κ1) is 16.7. The van der Waals surface area contributed by atoms with E-state index in [4.69, 9.17) is 13.3 Å². The van der Waals surface area contributed by atoms with Gasteiger partial charge < -0.3 is 13.3 Å². The molecule has 0 bridgehead atoms. The van der Waals surface area contributed by atoms with Gasteiger partial charge in [0.15, 0.2) is 0 Å². The minimum atomic E-state index is -2.67. The van der Waals surface area contributed by atoms with E-state index in [-0.39, 0.29) is 0 Å². The van der Waals surface area contributed by atoms with Crippen molar-refractivity contribution in [3.63, 3.8) is 0 Å². The van der Waals surface area contributed by atoms with E-state index >= 15 is 0 Å². The third kappa shape index (κ3) is 4.44. The zero-order valence-electron chi connectivity index (χ0n) is 14.1. The van der Waals surface area contributed by atoms with Gasteiger partial charge in [-0.2, -0.15) is 0 Å². The minimum absolute atomic E-state index is 0.352. The van der Waals surface area contributed by atoms with Crippen LogP contribution in [0.2, 0.25) is 0 Å². The molecule has 0 aliphatic heterocycles. The van der Waals surface area contributed by atoms with Gasteiger partial charge in [0.05, 0.1) is 0 Å². The van der Waals surface area contributed by atoms with Crippen molar-refractivity contribution < 1.29 is 13.3 Å². The standard InChI is InChI=1S/C18H32O3Si/c1-2-15-22(19-16-9-3-4-10-16,20-17-11-5-6-12-17)21-18-13-7-8-14-18/h2,15-18H,3-14H2,1H3. The molecule has 0 saturated heterocycles. The Morgan fingerprint density at radius 1 is 0.636 bits per heavy atom. The lowest BCUT2D eigenvalue weighted by Gasteiger charge is -2.34. The summed E-state index contributed by atoms with van der Waals surface area (Å²) in [6.07, 6.45) is 17.9. The highest BCUT2D eigenvalue weighted by Gasteiger charge is 2.46. The first-order valence-electron chi connectivity index (χ1n) is 9.47. The Balaban J connectivity index is 1.71. The summed E-state index contributed by atoms with van der Waals surface area (Å²) in [6, 6.07) is 0. The van der Waals surface area contributed by atoms with Gasteiger partial charge in [0.1, 0.15) is 0 Å². The van der Waals surface area contributed by atoms with Crippen molar-refractivity contribution >= 4 is 8.80 Å². The molecule has 0 aromatic rings. The molecule has 126 valence electrons. The lowest BCUT2D eigenvalue weighted by Crippen LogP contribution is -2.50. The largest absolute Gasteiger partial charge is 0.530 e. The molecule has 0 unspecified atom stereocenters. The second-order valence-electron chi connectivity index (χ2n) is 7.18. The van der Waals surface area contributed by atoms with Crippen LogP contribution in [0, 0.1) is 0 Å². The normalized spacial score (nSPS) is 25.9. The topological polar surface area (TPSA) is 27.7 Å². The van der Waals surface area contributed by atoms with Crippen LogP contribution in [0.4, 0.5) is 0 Å². The fraction of sp³-hybridized carbons (Fsp3) is 0.889. The first-order chi connectivity index (χ1) is 10.8. The van der Waals surface area contributed by atoms with E-state index in [1.165, 1.54) is 77.0 Å². The van der Waals surface area contributed by atoms with Crippen molar-refractivity contribution in [1.82, 2.24) is 0 Å². The van der Waals surface area contributed by atoms with Crippen LogP contribution >= 0.6 is 0 Å². The quantitative estimate of drug-likeness (QED) is 0.622. The summed E-state index contributed by atoms with van der Waals surface area (Å²) in [5.74, 6) is 0. The summed E-state index contributed by atoms with van der Waals surface area (Å²) in [4.78, 5) is 0. The van der Waals surface area contributed by atoms with E-state index < -0.39 is 8.80 Å². The summed E-state index contributed by atoms with van der Waals surface area (Å²) in [7, 11) is -2.67. The van der Waals surface area contributed by atoms with E-state index in [9.17, 15) is 0 Å². The van der Waals surface area contributed by atoms with Crippen LogP contribution in [0.15, 0.2) is 11.8 Å². The van der Waals surface area contributed by atoms with Crippen LogP contribution in [0.5, 0.6) is 0 Å². The molecule has 22 heavy (non-hydrogen) atoms. The van der Waals surface area contributed by atoms with E-state index in [1.807, 2.05) is 0 Å². The van der Waals surface area contributed by atoms with Crippen LogP contribution in [-0.4, -0.2) is 27.1 Å². The van der Waals surface area contributed by atoms with Crippen LogP contribution < -0.4 is 0 Å². The molecule has 0 atom stereocenters. The molecule has 3 saturated carbocycles. The Morgan fingerprint density at radius 2 is 0.955 bits per heavy atom. The lowest BCUT2D eigenvalue weighted by atomic mass is 10.3. The third-order valence-electron chi connectivity index (χ3n) is 5.27. The highest BCUT2D eigenvalue weighted by molar-refractivity contribution is 6.66. The molecule has 0 spiro atoms. The number of hydrogen-bond acceptors (Lipinski definition) is 3. The average Bonchev–Trinajstić information content (AvgIpc) is 3.22.